The van der Waals surface area contributed by atoms with E-state index in [2.05, 4.69) is 26.6 Å². The average Bonchev–Trinajstić information content (AvgIpc) is 2.61. The van der Waals surface area contributed by atoms with Crippen molar-refractivity contribution in [3.05, 3.63) is 45.6 Å². The summed E-state index contributed by atoms with van der Waals surface area (Å²) in [4.78, 5) is 23.1. The molecular weight excluding hydrogens is 479 g/mol. The first-order valence-electron chi connectivity index (χ1n) is 7.89. The number of fused-ring (bicyclic) bond motifs is 1. The van der Waals surface area contributed by atoms with Crippen molar-refractivity contribution in [3.63, 3.8) is 0 Å². The van der Waals surface area contributed by atoms with E-state index in [0.717, 1.165) is 0 Å². The predicted molar refractivity (Wildman–Crippen MR) is 105 cm³/mol. The number of carbonyl (C=O) groups is 2. The molecule has 2 aromatic rings. The number of hydrogen-bond acceptors (Lipinski definition) is 5. The first kappa shape index (κ1) is 20.6. The van der Waals surface area contributed by atoms with Gasteiger partial charge in [-0.25, -0.2) is 12.8 Å². The van der Waals surface area contributed by atoms with Gasteiger partial charge in [0.2, 0.25) is 5.91 Å². The fraction of sp³-hybridized carbons (Fsp3) is 0.176. The second-order valence-electron chi connectivity index (χ2n) is 5.86. The van der Waals surface area contributed by atoms with Crippen molar-refractivity contribution in [3.8, 4) is 5.75 Å². The van der Waals surface area contributed by atoms with Gasteiger partial charge in [-0.2, -0.15) is 0 Å². The maximum absolute atomic E-state index is 13.8. The number of ether oxygens (including phenoxy) is 1. The van der Waals surface area contributed by atoms with E-state index in [1.165, 1.54) is 24.3 Å². The molecule has 2 aromatic carbocycles. The molecule has 3 rings (SSSR count). The van der Waals surface area contributed by atoms with Gasteiger partial charge in [0.15, 0.2) is 16.4 Å². The summed E-state index contributed by atoms with van der Waals surface area (Å²) in [5.74, 6) is -2.06. The smallest absolute Gasteiger partial charge is 0.262 e. The lowest BCUT2D eigenvalue weighted by Gasteiger charge is -2.19. The average molecular weight is 492 g/mol. The molecule has 148 valence electrons. The summed E-state index contributed by atoms with van der Waals surface area (Å²) in [5, 5.41) is 4.74. The minimum absolute atomic E-state index is 0.0541. The number of nitrogens with one attached hydrogen (secondary N) is 2. The third-order valence-electron chi connectivity index (χ3n) is 3.81. The second-order valence-corrected chi connectivity index (χ2v) is 9.26. The third-order valence-corrected chi connectivity index (χ3v) is 6.47. The van der Waals surface area contributed by atoms with Gasteiger partial charge in [0.25, 0.3) is 5.91 Å². The van der Waals surface area contributed by atoms with Gasteiger partial charge < -0.3 is 15.4 Å². The van der Waals surface area contributed by atoms with Crippen LogP contribution in [0.5, 0.6) is 5.75 Å². The zero-order valence-corrected chi connectivity index (χ0v) is 17.2. The first-order valence-corrected chi connectivity index (χ1v) is 10.7. The highest BCUT2D eigenvalue weighted by Gasteiger charge is 2.25. The van der Waals surface area contributed by atoms with Gasteiger partial charge in [0.05, 0.1) is 27.0 Å². The Balaban J connectivity index is 1.71. The molecule has 7 nitrogen and oxygen atoms in total. The van der Waals surface area contributed by atoms with Crippen LogP contribution in [0.2, 0.25) is 5.02 Å². The number of benzene rings is 2. The van der Waals surface area contributed by atoms with Crippen LogP contribution in [0.4, 0.5) is 15.8 Å². The van der Waals surface area contributed by atoms with E-state index in [1.54, 1.807) is 6.07 Å². The van der Waals surface area contributed by atoms with E-state index >= 15 is 0 Å². The molecule has 0 fully saturated rings. The Morgan fingerprint density at radius 3 is 2.79 bits per heavy atom. The zero-order valence-electron chi connectivity index (χ0n) is 14.1. The largest absolute Gasteiger partial charge is 0.482 e. The second kappa shape index (κ2) is 8.06. The Labute approximate surface area is 173 Å². The maximum atomic E-state index is 13.8. The fourth-order valence-electron chi connectivity index (χ4n) is 2.46. The molecule has 1 aliphatic rings. The highest BCUT2D eigenvalue weighted by Crippen LogP contribution is 2.36. The van der Waals surface area contributed by atoms with E-state index in [-0.39, 0.29) is 39.6 Å². The topological polar surface area (TPSA) is 102 Å². The van der Waals surface area contributed by atoms with Crippen LogP contribution in [-0.2, 0) is 19.4 Å². The van der Waals surface area contributed by atoms with Gasteiger partial charge in [0.1, 0.15) is 11.6 Å². The Morgan fingerprint density at radius 2 is 2.07 bits per heavy atom. The summed E-state index contributed by atoms with van der Waals surface area (Å²) in [5.41, 5.74) is 0.213. The highest BCUT2D eigenvalue weighted by atomic mass is 79.9. The molecule has 2 N–H and O–H groups in total. The lowest BCUT2D eigenvalue weighted by molar-refractivity contribution is -0.118. The number of sulfone groups is 1. The molecule has 0 aromatic heterocycles. The Morgan fingerprint density at radius 1 is 1.32 bits per heavy atom. The molecule has 0 saturated carbocycles. The monoisotopic (exact) mass is 490 g/mol. The quantitative estimate of drug-likeness (QED) is 0.668. The van der Waals surface area contributed by atoms with Gasteiger partial charge >= 0.3 is 0 Å². The molecule has 11 heteroatoms. The minimum Gasteiger partial charge on any atom is -0.482 e. The molecule has 0 aliphatic carbocycles. The lowest BCUT2D eigenvalue weighted by atomic mass is 10.2. The number of amides is 2. The van der Waals surface area contributed by atoms with E-state index in [0.29, 0.717) is 4.47 Å². The number of carbonyl (C=O) groups excluding carboxylic acids is 2. The highest BCUT2D eigenvalue weighted by molar-refractivity contribution is 9.10. The van der Waals surface area contributed by atoms with E-state index in [4.69, 9.17) is 16.3 Å². The van der Waals surface area contributed by atoms with Crippen LogP contribution in [0.1, 0.15) is 6.42 Å². The molecule has 0 saturated heterocycles. The third kappa shape index (κ3) is 4.62. The van der Waals surface area contributed by atoms with E-state index in [1.807, 2.05) is 0 Å². The summed E-state index contributed by atoms with van der Waals surface area (Å²) < 4.78 is 44.6. The molecule has 0 bridgehead atoms. The normalized spacial score (nSPS) is 13.3. The number of rotatable bonds is 5. The Bertz CT molecular complexity index is 1080. The molecule has 2 amide bonds. The van der Waals surface area contributed by atoms with Crippen molar-refractivity contribution in [2.24, 2.45) is 0 Å². The minimum atomic E-state index is -3.93. The van der Waals surface area contributed by atoms with Crippen LogP contribution in [-0.4, -0.2) is 32.6 Å². The van der Waals surface area contributed by atoms with Crippen molar-refractivity contribution in [1.82, 2.24) is 0 Å². The maximum Gasteiger partial charge on any atom is 0.262 e. The number of anilines is 2. The van der Waals surface area contributed by atoms with Crippen LogP contribution in [0.3, 0.4) is 0 Å². The van der Waals surface area contributed by atoms with Crippen molar-refractivity contribution in [1.29, 1.82) is 0 Å². The molecule has 0 unspecified atom stereocenters. The van der Waals surface area contributed by atoms with Gasteiger partial charge in [-0.15, -0.1) is 0 Å². The van der Waals surface area contributed by atoms with Gasteiger partial charge in [-0.05, 0) is 24.3 Å². The van der Waals surface area contributed by atoms with Crippen LogP contribution in [0.15, 0.2) is 39.7 Å². The summed E-state index contributed by atoms with van der Waals surface area (Å²) in [7, 11) is -3.93. The van der Waals surface area contributed by atoms with Gasteiger partial charge in [-0.3, -0.25) is 9.59 Å². The molecule has 0 spiro atoms. The van der Waals surface area contributed by atoms with Crippen molar-refractivity contribution >= 4 is 60.6 Å². The summed E-state index contributed by atoms with van der Waals surface area (Å²) in [6.07, 6.45) is -0.400. The Kier molecular flexibility index (Phi) is 5.92. The number of halogens is 3. The SMILES string of the molecule is O=C(CCS(=O)(=O)c1cc2c(cc1Cl)NC(=O)CO2)Nc1ccc(Br)cc1F. The van der Waals surface area contributed by atoms with Crippen molar-refractivity contribution in [2.45, 2.75) is 11.3 Å². The molecule has 0 radical (unpaired) electrons. The van der Waals surface area contributed by atoms with Crippen LogP contribution in [0.25, 0.3) is 0 Å². The zero-order chi connectivity index (χ0) is 20.5. The molecule has 28 heavy (non-hydrogen) atoms. The summed E-state index contributed by atoms with van der Waals surface area (Å²) >= 11 is 9.14. The molecular formula is C17H13BrClFN2O5S. The van der Waals surface area contributed by atoms with Crippen LogP contribution < -0.4 is 15.4 Å². The van der Waals surface area contributed by atoms with Crippen LogP contribution in [0, 0.1) is 5.82 Å². The Hall–Kier alpha value is -2.17. The lowest BCUT2D eigenvalue weighted by Crippen LogP contribution is -2.25. The standard InChI is InChI=1S/C17H13BrClFN2O5S/c18-9-1-2-12(11(20)5-9)21-16(23)3-4-28(25,26)15-7-14-13(6-10(15)19)22-17(24)8-27-14/h1-2,5-7H,3-4,8H2,(H,21,23)(H,22,24). The predicted octanol–water partition coefficient (Wildman–Crippen LogP) is 3.38. The van der Waals surface area contributed by atoms with E-state index < -0.39 is 33.7 Å². The number of hydrogen-bond donors (Lipinski definition) is 2. The first-order chi connectivity index (χ1) is 13.2. The van der Waals surface area contributed by atoms with Crippen molar-refractivity contribution < 1.29 is 27.1 Å². The summed E-state index contributed by atoms with van der Waals surface area (Å²) in [6, 6.07) is 6.56. The molecule has 1 heterocycles. The van der Waals surface area contributed by atoms with Gasteiger partial charge in [0, 0.05) is 17.0 Å². The van der Waals surface area contributed by atoms with E-state index in [9.17, 15) is 22.4 Å². The van der Waals surface area contributed by atoms with Gasteiger partial charge in [-0.1, -0.05) is 27.5 Å². The van der Waals surface area contributed by atoms with Crippen LogP contribution >= 0.6 is 27.5 Å². The molecule has 1 aliphatic heterocycles. The van der Waals surface area contributed by atoms with Crippen molar-refractivity contribution in [2.75, 3.05) is 23.0 Å². The summed E-state index contributed by atoms with van der Waals surface area (Å²) in [6.45, 7) is -0.241. The fourth-order valence-corrected chi connectivity index (χ4v) is 4.63. The molecule has 0 atom stereocenters.